The number of halogens is 1. The van der Waals surface area contributed by atoms with Crippen molar-refractivity contribution >= 4 is 11.9 Å². The van der Waals surface area contributed by atoms with Crippen LogP contribution in [0.15, 0.2) is 36.7 Å². The summed E-state index contributed by atoms with van der Waals surface area (Å²) >= 11 is 0. The highest BCUT2D eigenvalue weighted by molar-refractivity contribution is 5.93. The van der Waals surface area contributed by atoms with E-state index < -0.39 is 5.82 Å². The maximum Gasteiger partial charge on any atom is 0.253 e. The van der Waals surface area contributed by atoms with E-state index in [9.17, 15) is 9.18 Å². The van der Waals surface area contributed by atoms with Gasteiger partial charge in [0.15, 0.2) is 5.82 Å². The molecule has 0 radical (unpaired) electrons. The highest BCUT2D eigenvalue weighted by Crippen LogP contribution is 2.13. The number of anilines is 1. The molecule has 1 aromatic carbocycles. The molecule has 116 valence electrons. The van der Waals surface area contributed by atoms with Gasteiger partial charge >= 0.3 is 0 Å². The maximum absolute atomic E-state index is 12.9. The van der Waals surface area contributed by atoms with E-state index >= 15 is 0 Å². The van der Waals surface area contributed by atoms with E-state index in [0.29, 0.717) is 24.6 Å². The van der Waals surface area contributed by atoms with Gasteiger partial charge in [0.05, 0.1) is 12.4 Å². The molecule has 0 bridgehead atoms. The fraction of sp³-hybridized carbons (Fsp3) is 0.312. The van der Waals surface area contributed by atoms with Gasteiger partial charge in [-0.25, -0.2) is 14.4 Å². The molecule has 1 amide bonds. The zero-order valence-corrected chi connectivity index (χ0v) is 13.0. The van der Waals surface area contributed by atoms with Crippen LogP contribution >= 0.6 is 0 Å². The highest BCUT2D eigenvalue weighted by atomic mass is 19.1. The molecule has 0 spiro atoms. The van der Waals surface area contributed by atoms with Gasteiger partial charge in [-0.05, 0) is 24.6 Å². The predicted molar refractivity (Wildman–Crippen MR) is 83.2 cm³/mol. The molecule has 0 aliphatic heterocycles. The van der Waals surface area contributed by atoms with Gasteiger partial charge in [0.2, 0.25) is 5.95 Å². The van der Waals surface area contributed by atoms with Gasteiger partial charge in [-0.3, -0.25) is 4.79 Å². The summed E-state index contributed by atoms with van der Waals surface area (Å²) in [6.07, 6.45) is 2.31. The van der Waals surface area contributed by atoms with Crippen molar-refractivity contribution < 1.29 is 9.18 Å². The minimum Gasteiger partial charge on any atom is -0.345 e. The van der Waals surface area contributed by atoms with Gasteiger partial charge in [0, 0.05) is 32.7 Å². The monoisotopic (exact) mass is 302 g/mol. The zero-order valence-electron chi connectivity index (χ0n) is 13.0. The minimum absolute atomic E-state index is 0.0271. The first-order valence-corrected chi connectivity index (χ1v) is 7.04. The van der Waals surface area contributed by atoms with Crippen LogP contribution in [0.3, 0.4) is 0 Å². The number of carbonyl (C=O) groups excluding carboxylic acids is 1. The Balaban J connectivity index is 2.11. The summed E-state index contributed by atoms with van der Waals surface area (Å²) in [6.45, 7) is 3.28. The first-order valence-electron chi connectivity index (χ1n) is 7.04. The first kappa shape index (κ1) is 15.9. The molecular formula is C16H19FN4O. The SMILES string of the molecule is CCN(Cc1ccc(C(=O)N(C)C)cc1)c1ncc(F)cn1. The predicted octanol–water partition coefficient (Wildman–Crippen LogP) is 2.34. The molecule has 2 rings (SSSR count). The number of benzene rings is 1. The van der Waals surface area contributed by atoms with Gasteiger partial charge in [-0.2, -0.15) is 0 Å². The molecule has 0 saturated carbocycles. The Morgan fingerprint density at radius 3 is 2.23 bits per heavy atom. The molecule has 0 N–H and O–H groups in total. The summed E-state index contributed by atoms with van der Waals surface area (Å²) < 4.78 is 12.9. The zero-order chi connectivity index (χ0) is 16.1. The quantitative estimate of drug-likeness (QED) is 0.850. The summed E-state index contributed by atoms with van der Waals surface area (Å²) in [4.78, 5) is 23.3. The van der Waals surface area contributed by atoms with Crippen molar-refractivity contribution in [1.82, 2.24) is 14.9 Å². The molecule has 0 unspecified atom stereocenters. The smallest absolute Gasteiger partial charge is 0.253 e. The van der Waals surface area contributed by atoms with Gasteiger partial charge < -0.3 is 9.80 Å². The second kappa shape index (κ2) is 6.98. The highest BCUT2D eigenvalue weighted by Gasteiger charge is 2.10. The second-order valence-electron chi connectivity index (χ2n) is 5.11. The van der Waals surface area contributed by atoms with Crippen molar-refractivity contribution in [3.05, 3.63) is 53.6 Å². The Hall–Kier alpha value is -2.50. The third-order valence-corrected chi connectivity index (χ3v) is 3.25. The minimum atomic E-state index is -0.452. The molecule has 5 nitrogen and oxygen atoms in total. The van der Waals surface area contributed by atoms with Crippen molar-refractivity contribution in [1.29, 1.82) is 0 Å². The normalized spacial score (nSPS) is 10.4. The number of hydrogen-bond donors (Lipinski definition) is 0. The molecule has 1 heterocycles. The summed E-state index contributed by atoms with van der Waals surface area (Å²) in [6, 6.07) is 7.42. The van der Waals surface area contributed by atoms with Gasteiger partial charge in [0.1, 0.15) is 0 Å². The number of amides is 1. The van der Waals surface area contributed by atoms with Crippen molar-refractivity contribution in [3.8, 4) is 0 Å². The second-order valence-corrected chi connectivity index (χ2v) is 5.11. The lowest BCUT2D eigenvalue weighted by Crippen LogP contribution is -2.24. The summed E-state index contributed by atoms with van der Waals surface area (Å²) in [5.41, 5.74) is 1.68. The third kappa shape index (κ3) is 3.78. The van der Waals surface area contributed by atoms with E-state index in [4.69, 9.17) is 0 Å². The summed E-state index contributed by atoms with van der Waals surface area (Å²) in [7, 11) is 3.45. The lowest BCUT2D eigenvalue weighted by molar-refractivity contribution is 0.0827. The number of hydrogen-bond acceptors (Lipinski definition) is 4. The Bertz CT molecular complexity index is 626. The van der Waals surface area contributed by atoms with Gasteiger partial charge in [0.25, 0.3) is 5.91 Å². The van der Waals surface area contributed by atoms with Crippen LogP contribution in [0.5, 0.6) is 0 Å². The molecule has 22 heavy (non-hydrogen) atoms. The van der Waals surface area contributed by atoms with Gasteiger partial charge in [-0.15, -0.1) is 0 Å². The molecule has 0 atom stereocenters. The largest absolute Gasteiger partial charge is 0.345 e. The van der Waals surface area contributed by atoms with E-state index in [2.05, 4.69) is 9.97 Å². The average Bonchev–Trinajstić information content (AvgIpc) is 2.53. The van der Waals surface area contributed by atoms with Crippen molar-refractivity contribution in [3.63, 3.8) is 0 Å². The number of aromatic nitrogens is 2. The molecule has 0 saturated heterocycles. The molecule has 1 aromatic heterocycles. The topological polar surface area (TPSA) is 49.3 Å². The Morgan fingerprint density at radius 1 is 1.14 bits per heavy atom. The molecule has 0 aliphatic carbocycles. The van der Waals surface area contributed by atoms with Crippen LogP contribution in [0.2, 0.25) is 0 Å². The third-order valence-electron chi connectivity index (χ3n) is 3.25. The first-order chi connectivity index (χ1) is 10.5. The standard InChI is InChI=1S/C16H19FN4O/c1-4-21(16-18-9-14(17)10-19-16)11-12-5-7-13(8-6-12)15(22)20(2)3/h5-10H,4,11H2,1-3H3. The fourth-order valence-corrected chi connectivity index (χ4v) is 2.02. The van der Waals surface area contributed by atoms with Crippen LogP contribution < -0.4 is 4.90 Å². The average molecular weight is 302 g/mol. The van der Waals surface area contributed by atoms with Crippen molar-refractivity contribution in [2.75, 3.05) is 25.5 Å². The van der Waals surface area contributed by atoms with Crippen LogP contribution in [-0.4, -0.2) is 41.4 Å². The fourth-order valence-electron chi connectivity index (χ4n) is 2.02. The van der Waals surface area contributed by atoms with Crippen LogP contribution in [0.25, 0.3) is 0 Å². The lowest BCUT2D eigenvalue weighted by Gasteiger charge is -2.20. The Morgan fingerprint density at radius 2 is 1.73 bits per heavy atom. The van der Waals surface area contributed by atoms with Crippen LogP contribution in [0.4, 0.5) is 10.3 Å². The van der Waals surface area contributed by atoms with Crippen LogP contribution in [0, 0.1) is 5.82 Å². The Kier molecular flexibility index (Phi) is 5.04. The van der Waals surface area contributed by atoms with E-state index in [1.165, 1.54) is 0 Å². The molecule has 0 aliphatic rings. The molecule has 2 aromatic rings. The van der Waals surface area contributed by atoms with Crippen molar-refractivity contribution in [2.45, 2.75) is 13.5 Å². The number of nitrogens with zero attached hydrogens (tertiary/aromatic N) is 4. The Labute approximate surface area is 129 Å². The maximum atomic E-state index is 12.9. The molecule has 6 heteroatoms. The molecular weight excluding hydrogens is 283 g/mol. The van der Waals surface area contributed by atoms with E-state index in [1.807, 2.05) is 24.0 Å². The summed E-state index contributed by atoms with van der Waals surface area (Å²) in [5, 5.41) is 0. The van der Waals surface area contributed by atoms with E-state index in [0.717, 1.165) is 18.0 Å². The van der Waals surface area contributed by atoms with Gasteiger partial charge in [-0.1, -0.05) is 12.1 Å². The lowest BCUT2D eigenvalue weighted by atomic mass is 10.1. The van der Waals surface area contributed by atoms with E-state index in [1.54, 1.807) is 31.1 Å². The van der Waals surface area contributed by atoms with Crippen LogP contribution in [0.1, 0.15) is 22.8 Å². The van der Waals surface area contributed by atoms with Crippen molar-refractivity contribution in [2.24, 2.45) is 0 Å². The van der Waals surface area contributed by atoms with Crippen LogP contribution in [-0.2, 0) is 6.54 Å². The molecule has 0 fully saturated rings. The number of carbonyl (C=O) groups is 1. The summed E-state index contributed by atoms with van der Waals surface area (Å²) in [5.74, 6) is 0.00413. The number of rotatable bonds is 5. The van der Waals surface area contributed by atoms with E-state index in [-0.39, 0.29) is 5.91 Å².